The lowest BCUT2D eigenvalue weighted by Crippen LogP contribution is -2.22. The van der Waals surface area contributed by atoms with E-state index in [-0.39, 0.29) is 5.78 Å². The number of rotatable bonds is 6. The molecule has 0 saturated carbocycles. The Morgan fingerprint density at radius 1 is 0.793 bits per heavy atom. The number of benzene rings is 3. The highest BCUT2D eigenvalue weighted by Crippen LogP contribution is 2.19. The van der Waals surface area contributed by atoms with E-state index in [2.05, 4.69) is 5.32 Å². The fraction of sp³-hybridized carbons (Fsp3) is 0.125. The van der Waals surface area contributed by atoms with Gasteiger partial charge in [-0.15, -0.1) is 0 Å². The molecule has 0 aliphatic carbocycles. The van der Waals surface area contributed by atoms with Gasteiger partial charge in [0.05, 0.1) is 11.3 Å². The minimum atomic E-state index is -0.569. The minimum Gasteiger partial charge on any atom is -0.452 e. The second kappa shape index (κ2) is 8.97. The van der Waals surface area contributed by atoms with Gasteiger partial charge in [0, 0.05) is 11.1 Å². The van der Waals surface area contributed by atoms with Crippen molar-refractivity contribution in [1.82, 2.24) is 0 Å². The van der Waals surface area contributed by atoms with Gasteiger partial charge in [-0.05, 0) is 38.1 Å². The Morgan fingerprint density at radius 2 is 1.41 bits per heavy atom. The second-order valence-electron chi connectivity index (χ2n) is 6.74. The van der Waals surface area contributed by atoms with Gasteiger partial charge in [-0.3, -0.25) is 9.59 Å². The smallest absolute Gasteiger partial charge is 0.338 e. The van der Waals surface area contributed by atoms with Gasteiger partial charge >= 0.3 is 5.97 Å². The number of esters is 1. The first-order valence-electron chi connectivity index (χ1n) is 9.18. The molecule has 0 aliphatic heterocycles. The van der Waals surface area contributed by atoms with Crippen LogP contribution in [0.4, 0.5) is 5.69 Å². The van der Waals surface area contributed by atoms with Crippen molar-refractivity contribution in [2.45, 2.75) is 13.8 Å². The summed E-state index contributed by atoms with van der Waals surface area (Å²) in [7, 11) is 0. The highest BCUT2D eigenvalue weighted by Gasteiger charge is 2.16. The van der Waals surface area contributed by atoms with Crippen molar-refractivity contribution in [2.24, 2.45) is 0 Å². The molecule has 5 heteroatoms. The van der Waals surface area contributed by atoms with Gasteiger partial charge < -0.3 is 10.1 Å². The lowest BCUT2D eigenvalue weighted by atomic mass is 10.0. The predicted molar refractivity (Wildman–Crippen MR) is 111 cm³/mol. The summed E-state index contributed by atoms with van der Waals surface area (Å²) in [5, 5.41) is 2.65. The summed E-state index contributed by atoms with van der Waals surface area (Å²) in [6.45, 7) is 3.33. The summed E-state index contributed by atoms with van der Waals surface area (Å²) in [6.07, 6.45) is 0. The van der Waals surface area contributed by atoms with Gasteiger partial charge in [0.1, 0.15) is 0 Å². The predicted octanol–water partition coefficient (Wildman–Crippen LogP) is 4.33. The van der Waals surface area contributed by atoms with Gasteiger partial charge in [0.25, 0.3) is 5.91 Å². The van der Waals surface area contributed by atoms with Gasteiger partial charge in [-0.2, -0.15) is 0 Å². The molecule has 0 unspecified atom stereocenters. The summed E-state index contributed by atoms with van der Waals surface area (Å²) in [5.41, 5.74) is 3.54. The quantitative estimate of drug-likeness (QED) is 0.505. The Balaban J connectivity index is 1.67. The van der Waals surface area contributed by atoms with Gasteiger partial charge in [-0.1, -0.05) is 59.7 Å². The third-order valence-corrected chi connectivity index (χ3v) is 4.27. The van der Waals surface area contributed by atoms with Crippen molar-refractivity contribution < 1.29 is 19.1 Å². The number of amides is 1. The van der Waals surface area contributed by atoms with E-state index in [1.807, 2.05) is 26.0 Å². The summed E-state index contributed by atoms with van der Waals surface area (Å²) in [5.74, 6) is -1.29. The van der Waals surface area contributed by atoms with Crippen molar-refractivity contribution >= 4 is 23.3 Å². The number of carbonyl (C=O) groups excluding carboxylic acids is 3. The maximum atomic E-state index is 12.7. The molecule has 3 aromatic carbocycles. The first kappa shape index (κ1) is 20.0. The van der Waals surface area contributed by atoms with E-state index in [0.717, 1.165) is 11.1 Å². The summed E-state index contributed by atoms with van der Waals surface area (Å²) in [4.78, 5) is 37.2. The van der Waals surface area contributed by atoms with Crippen LogP contribution in [0, 0.1) is 13.8 Å². The lowest BCUT2D eigenvalue weighted by molar-refractivity contribution is -0.119. The highest BCUT2D eigenvalue weighted by molar-refractivity contribution is 6.14. The Hall–Kier alpha value is -3.73. The number of ether oxygens (including phenoxy) is 1. The molecule has 0 atom stereocenters. The average Bonchev–Trinajstić information content (AvgIpc) is 2.72. The molecule has 0 saturated heterocycles. The van der Waals surface area contributed by atoms with Crippen molar-refractivity contribution in [3.05, 3.63) is 101 Å². The molecular formula is C24H21NO4. The SMILES string of the molecule is Cc1cc(C)cc(C(=O)OCC(=O)Nc2ccccc2C(=O)c2ccccc2)c1. The molecule has 3 rings (SSSR count). The van der Waals surface area contributed by atoms with Crippen LogP contribution < -0.4 is 5.32 Å². The third-order valence-electron chi connectivity index (χ3n) is 4.27. The molecule has 0 fully saturated rings. The average molecular weight is 387 g/mol. The standard InChI is InChI=1S/C24H21NO4/c1-16-12-17(2)14-19(13-16)24(28)29-15-22(26)25-21-11-7-6-10-20(21)23(27)18-8-4-3-5-9-18/h3-14H,15H2,1-2H3,(H,25,26). The zero-order chi connectivity index (χ0) is 20.8. The van der Waals surface area contributed by atoms with Crippen molar-refractivity contribution in [1.29, 1.82) is 0 Å². The number of para-hydroxylation sites is 1. The van der Waals surface area contributed by atoms with Crippen molar-refractivity contribution in [3.8, 4) is 0 Å². The monoisotopic (exact) mass is 387 g/mol. The first-order valence-corrected chi connectivity index (χ1v) is 9.18. The van der Waals surface area contributed by atoms with Crippen LogP contribution in [0.3, 0.4) is 0 Å². The van der Waals surface area contributed by atoms with E-state index in [4.69, 9.17) is 4.74 Å². The molecule has 0 heterocycles. The molecule has 29 heavy (non-hydrogen) atoms. The number of hydrogen-bond donors (Lipinski definition) is 1. The van der Waals surface area contributed by atoms with E-state index in [1.165, 1.54) is 0 Å². The van der Waals surface area contributed by atoms with Gasteiger partial charge in [0.15, 0.2) is 12.4 Å². The van der Waals surface area contributed by atoms with Crippen LogP contribution >= 0.6 is 0 Å². The molecule has 1 N–H and O–H groups in total. The largest absolute Gasteiger partial charge is 0.452 e. The van der Waals surface area contributed by atoms with E-state index in [1.54, 1.807) is 60.7 Å². The molecule has 0 aromatic heterocycles. The van der Waals surface area contributed by atoms with E-state index < -0.39 is 18.5 Å². The zero-order valence-electron chi connectivity index (χ0n) is 16.3. The lowest BCUT2D eigenvalue weighted by Gasteiger charge is -2.11. The van der Waals surface area contributed by atoms with Crippen LogP contribution in [0.25, 0.3) is 0 Å². The van der Waals surface area contributed by atoms with E-state index in [9.17, 15) is 14.4 Å². The van der Waals surface area contributed by atoms with E-state index >= 15 is 0 Å². The van der Waals surface area contributed by atoms with Gasteiger partial charge in [-0.25, -0.2) is 4.79 Å². The fourth-order valence-electron chi connectivity index (χ4n) is 3.03. The van der Waals surface area contributed by atoms with E-state index in [0.29, 0.717) is 22.4 Å². The molecule has 1 amide bonds. The number of aryl methyl sites for hydroxylation is 2. The first-order chi connectivity index (χ1) is 13.9. The summed E-state index contributed by atoms with van der Waals surface area (Å²) >= 11 is 0. The Kier molecular flexibility index (Phi) is 6.19. The topological polar surface area (TPSA) is 72.5 Å². The maximum Gasteiger partial charge on any atom is 0.338 e. The Labute approximate surface area is 169 Å². The summed E-state index contributed by atoms with van der Waals surface area (Å²) < 4.78 is 5.12. The number of carbonyl (C=O) groups is 3. The Bertz CT molecular complexity index is 1040. The Morgan fingerprint density at radius 3 is 2.10 bits per heavy atom. The maximum absolute atomic E-state index is 12.7. The van der Waals surface area contributed by atoms with Crippen LogP contribution in [-0.2, 0) is 9.53 Å². The molecule has 0 bridgehead atoms. The summed E-state index contributed by atoms with van der Waals surface area (Å²) in [6, 6.07) is 20.9. The fourth-order valence-corrected chi connectivity index (χ4v) is 3.03. The third kappa shape index (κ3) is 5.17. The molecule has 0 aliphatic rings. The molecular weight excluding hydrogens is 366 g/mol. The number of hydrogen-bond acceptors (Lipinski definition) is 4. The molecule has 3 aromatic rings. The van der Waals surface area contributed by atoms with Crippen LogP contribution in [0.2, 0.25) is 0 Å². The highest BCUT2D eigenvalue weighted by atomic mass is 16.5. The normalized spacial score (nSPS) is 10.3. The van der Waals surface area contributed by atoms with Crippen LogP contribution in [0.5, 0.6) is 0 Å². The van der Waals surface area contributed by atoms with Crippen molar-refractivity contribution in [3.63, 3.8) is 0 Å². The number of nitrogens with one attached hydrogen (secondary N) is 1. The van der Waals surface area contributed by atoms with Crippen LogP contribution in [-0.4, -0.2) is 24.3 Å². The van der Waals surface area contributed by atoms with Crippen LogP contribution in [0.15, 0.2) is 72.8 Å². The van der Waals surface area contributed by atoms with Crippen molar-refractivity contribution in [2.75, 3.05) is 11.9 Å². The molecule has 146 valence electrons. The minimum absolute atomic E-state index is 0.200. The number of ketones is 1. The molecule has 5 nitrogen and oxygen atoms in total. The molecule has 0 spiro atoms. The number of anilines is 1. The molecule has 0 radical (unpaired) electrons. The zero-order valence-corrected chi connectivity index (χ0v) is 16.3. The van der Waals surface area contributed by atoms with Gasteiger partial charge in [0.2, 0.25) is 0 Å². The van der Waals surface area contributed by atoms with Crippen LogP contribution in [0.1, 0.15) is 37.4 Å². The second-order valence-corrected chi connectivity index (χ2v) is 6.74.